The van der Waals surface area contributed by atoms with Gasteiger partial charge in [0.05, 0.1) is 6.54 Å². The van der Waals surface area contributed by atoms with Crippen molar-refractivity contribution in [2.45, 2.75) is 45.6 Å². The van der Waals surface area contributed by atoms with Crippen LogP contribution >= 0.6 is 0 Å². The van der Waals surface area contributed by atoms with E-state index in [0.717, 1.165) is 10.5 Å². The van der Waals surface area contributed by atoms with Gasteiger partial charge in [-0.1, -0.05) is 19.9 Å². The molecular weight excluding hydrogens is 282 g/mol. The van der Waals surface area contributed by atoms with E-state index in [1.165, 1.54) is 5.56 Å². The molecule has 1 aliphatic rings. The first-order chi connectivity index (χ1) is 10.4. The quantitative estimate of drug-likeness (QED) is 0.816. The van der Waals surface area contributed by atoms with Crippen LogP contribution in [-0.2, 0) is 9.59 Å². The third kappa shape index (κ3) is 3.85. The first-order valence-electron chi connectivity index (χ1n) is 7.63. The molecule has 1 heterocycles. The number of aliphatic hydroxyl groups is 1. The summed E-state index contributed by atoms with van der Waals surface area (Å²) in [6.45, 7) is 6.35. The summed E-state index contributed by atoms with van der Waals surface area (Å²) >= 11 is 0. The molecule has 0 aromatic heterocycles. The zero-order valence-electron chi connectivity index (χ0n) is 13.3. The van der Waals surface area contributed by atoms with Gasteiger partial charge in [0.1, 0.15) is 18.5 Å². The van der Waals surface area contributed by atoms with Crippen molar-refractivity contribution in [3.63, 3.8) is 0 Å². The van der Waals surface area contributed by atoms with Crippen LogP contribution in [0.15, 0.2) is 18.2 Å². The number of hydrogen-bond donors (Lipinski definition) is 1. The van der Waals surface area contributed by atoms with E-state index in [-0.39, 0.29) is 37.8 Å². The van der Waals surface area contributed by atoms with Crippen LogP contribution in [0.3, 0.4) is 0 Å². The lowest BCUT2D eigenvalue weighted by Crippen LogP contribution is -2.38. The largest absolute Gasteiger partial charge is 0.491 e. The highest BCUT2D eigenvalue weighted by molar-refractivity contribution is 6.01. The minimum Gasteiger partial charge on any atom is -0.491 e. The normalized spacial score (nSPS) is 16.5. The van der Waals surface area contributed by atoms with Crippen molar-refractivity contribution in [2.24, 2.45) is 0 Å². The maximum atomic E-state index is 11.5. The number of benzene rings is 1. The highest BCUT2D eigenvalue weighted by atomic mass is 16.5. The minimum absolute atomic E-state index is 0.000721. The van der Waals surface area contributed by atoms with Gasteiger partial charge in [-0.15, -0.1) is 0 Å². The molecule has 0 radical (unpaired) electrons. The summed E-state index contributed by atoms with van der Waals surface area (Å²) in [5, 5.41) is 9.95. The second-order valence-corrected chi connectivity index (χ2v) is 6.04. The summed E-state index contributed by atoms with van der Waals surface area (Å²) < 4.78 is 5.56. The molecule has 22 heavy (non-hydrogen) atoms. The molecule has 2 rings (SSSR count). The Morgan fingerprint density at radius 3 is 2.41 bits per heavy atom. The number of hydrogen-bond acceptors (Lipinski definition) is 4. The highest BCUT2D eigenvalue weighted by Crippen LogP contribution is 2.23. The third-order valence-corrected chi connectivity index (χ3v) is 3.85. The van der Waals surface area contributed by atoms with Gasteiger partial charge in [0.15, 0.2) is 0 Å². The summed E-state index contributed by atoms with van der Waals surface area (Å²) in [7, 11) is 0. The lowest BCUT2D eigenvalue weighted by molar-refractivity contribution is -0.140. The number of ether oxygens (including phenoxy) is 1. The fourth-order valence-electron chi connectivity index (χ4n) is 2.67. The summed E-state index contributed by atoms with van der Waals surface area (Å²) in [5.74, 6) is 0.689. The predicted octanol–water partition coefficient (Wildman–Crippen LogP) is 2.01. The Labute approximate surface area is 130 Å². The molecule has 2 amide bonds. The zero-order chi connectivity index (χ0) is 16.3. The average molecular weight is 305 g/mol. The Kier molecular flexibility index (Phi) is 5.19. The van der Waals surface area contributed by atoms with E-state index < -0.39 is 6.10 Å². The number of likely N-dealkylation sites (tertiary alicyclic amines) is 1. The van der Waals surface area contributed by atoms with Crippen LogP contribution in [0, 0.1) is 6.92 Å². The summed E-state index contributed by atoms with van der Waals surface area (Å²) in [4.78, 5) is 24.1. The molecule has 1 N–H and O–H groups in total. The minimum atomic E-state index is -0.879. The lowest BCUT2D eigenvalue weighted by atomic mass is 9.98. The van der Waals surface area contributed by atoms with Crippen LogP contribution < -0.4 is 4.74 Å². The number of aliphatic hydroxyl groups excluding tert-OH is 1. The summed E-state index contributed by atoms with van der Waals surface area (Å²) in [6, 6.07) is 5.84. The van der Waals surface area contributed by atoms with Gasteiger partial charge in [-0.3, -0.25) is 14.5 Å². The number of amides is 2. The fourth-order valence-corrected chi connectivity index (χ4v) is 2.67. The maximum Gasteiger partial charge on any atom is 0.229 e. The smallest absolute Gasteiger partial charge is 0.229 e. The molecule has 1 aromatic carbocycles. The Morgan fingerprint density at radius 2 is 1.86 bits per heavy atom. The summed E-state index contributed by atoms with van der Waals surface area (Å²) in [6.07, 6.45) is -0.402. The maximum absolute atomic E-state index is 11.5. The first-order valence-corrected chi connectivity index (χ1v) is 7.63. The number of rotatable bonds is 6. The number of carbonyl (C=O) groups is 2. The molecule has 1 unspecified atom stereocenters. The molecule has 5 heteroatoms. The van der Waals surface area contributed by atoms with Gasteiger partial charge in [0.25, 0.3) is 0 Å². The number of aryl methyl sites for hydroxylation is 1. The Hall–Kier alpha value is -1.88. The van der Waals surface area contributed by atoms with E-state index in [1.54, 1.807) is 0 Å². The predicted molar refractivity (Wildman–Crippen MR) is 82.7 cm³/mol. The van der Waals surface area contributed by atoms with E-state index in [2.05, 4.69) is 13.8 Å². The van der Waals surface area contributed by atoms with Crippen LogP contribution in [0.1, 0.15) is 43.7 Å². The molecular formula is C17H23NO4. The molecule has 1 aromatic rings. The van der Waals surface area contributed by atoms with Crippen molar-refractivity contribution >= 4 is 11.8 Å². The van der Waals surface area contributed by atoms with Crippen LogP contribution in [0.2, 0.25) is 0 Å². The van der Waals surface area contributed by atoms with Crippen LogP contribution in [0.4, 0.5) is 0 Å². The van der Waals surface area contributed by atoms with Crippen molar-refractivity contribution in [1.29, 1.82) is 0 Å². The molecule has 120 valence electrons. The molecule has 5 nitrogen and oxygen atoms in total. The molecule has 0 bridgehead atoms. The fraction of sp³-hybridized carbons (Fsp3) is 0.529. The van der Waals surface area contributed by atoms with Gasteiger partial charge >= 0.3 is 0 Å². The SMILES string of the molecule is Cc1cc(OCC(O)CN2C(=O)CCC2=O)ccc1C(C)C. The van der Waals surface area contributed by atoms with Crippen LogP contribution in [-0.4, -0.2) is 41.1 Å². The number of nitrogens with zero attached hydrogens (tertiary/aromatic N) is 1. The molecule has 1 fully saturated rings. The summed E-state index contributed by atoms with van der Waals surface area (Å²) in [5.41, 5.74) is 2.41. The van der Waals surface area contributed by atoms with Crippen molar-refractivity contribution in [1.82, 2.24) is 4.90 Å². The Balaban J connectivity index is 1.88. The van der Waals surface area contributed by atoms with E-state index in [1.807, 2.05) is 25.1 Å². The molecule has 0 spiro atoms. The van der Waals surface area contributed by atoms with Gasteiger partial charge in [-0.05, 0) is 36.1 Å². The first kappa shape index (κ1) is 16.5. The molecule has 1 aliphatic heterocycles. The van der Waals surface area contributed by atoms with E-state index in [4.69, 9.17) is 4.74 Å². The molecule has 0 saturated carbocycles. The van der Waals surface area contributed by atoms with Gasteiger partial charge in [-0.25, -0.2) is 0 Å². The second-order valence-electron chi connectivity index (χ2n) is 6.04. The second kappa shape index (κ2) is 6.92. The van der Waals surface area contributed by atoms with Gasteiger partial charge in [-0.2, -0.15) is 0 Å². The number of β-amino-alcohol motifs (C(OH)–C–C–N with tert-alkyl or cyclic N) is 1. The Bertz CT molecular complexity index is 552. The highest BCUT2D eigenvalue weighted by Gasteiger charge is 2.30. The van der Waals surface area contributed by atoms with Gasteiger partial charge < -0.3 is 9.84 Å². The topological polar surface area (TPSA) is 66.8 Å². The lowest BCUT2D eigenvalue weighted by Gasteiger charge is -2.19. The van der Waals surface area contributed by atoms with E-state index in [9.17, 15) is 14.7 Å². The third-order valence-electron chi connectivity index (χ3n) is 3.85. The number of carbonyl (C=O) groups excluding carboxylic acids is 2. The van der Waals surface area contributed by atoms with E-state index >= 15 is 0 Å². The molecule has 0 aliphatic carbocycles. The van der Waals surface area contributed by atoms with Crippen molar-refractivity contribution < 1.29 is 19.4 Å². The average Bonchev–Trinajstić information content (AvgIpc) is 2.76. The monoisotopic (exact) mass is 305 g/mol. The van der Waals surface area contributed by atoms with Gasteiger partial charge in [0, 0.05) is 12.8 Å². The molecule has 1 atom stereocenters. The Morgan fingerprint density at radius 1 is 1.23 bits per heavy atom. The van der Waals surface area contributed by atoms with Crippen molar-refractivity contribution in [3.05, 3.63) is 29.3 Å². The molecule has 1 saturated heterocycles. The number of imide groups is 1. The standard InChI is InChI=1S/C17H23NO4/c1-11(2)15-5-4-14(8-12(15)3)22-10-13(19)9-18-16(20)6-7-17(18)21/h4-5,8,11,13,19H,6-7,9-10H2,1-3H3. The van der Waals surface area contributed by atoms with Crippen molar-refractivity contribution in [3.8, 4) is 5.75 Å². The zero-order valence-corrected chi connectivity index (χ0v) is 13.3. The van der Waals surface area contributed by atoms with Crippen molar-refractivity contribution in [2.75, 3.05) is 13.2 Å². The van der Waals surface area contributed by atoms with Crippen LogP contribution in [0.5, 0.6) is 5.75 Å². The van der Waals surface area contributed by atoms with E-state index in [0.29, 0.717) is 11.7 Å². The van der Waals surface area contributed by atoms with Gasteiger partial charge in [0.2, 0.25) is 11.8 Å². The van der Waals surface area contributed by atoms with Crippen LogP contribution in [0.25, 0.3) is 0 Å².